The fraction of sp³-hybridized carbons (Fsp3) is 0.158. The van der Waals surface area contributed by atoms with Crippen molar-refractivity contribution in [3.8, 4) is 0 Å². The van der Waals surface area contributed by atoms with Crippen molar-refractivity contribution in [3.05, 3.63) is 76.2 Å². The molecule has 3 aromatic rings. The lowest BCUT2D eigenvalue weighted by atomic mass is 10.1. The molecule has 1 heterocycles. The topological polar surface area (TPSA) is 51.1 Å². The van der Waals surface area contributed by atoms with Crippen molar-refractivity contribution in [3.63, 3.8) is 0 Å². The minimum Gasteiger partial charge on any atom is -0.324 e. The van der Waals surface area contributed by atoms with Gasteiger partial charge in [-0.25, -0.2) is 0 Å². The summed E-state index contributed by atoms with van der Waals surface area (Å²) in [6, 6.07) is 15.0. The van der Waals surface area contributed by atoms with E-state index in [4.69, 9.17) is 0 Å². The molecule has 0 unspecified atom stereocenters. The van der Waals surface area contributed by atoms with Crippen LogP contribution in [0.1, 0.15) is 11.1 Å². The summed E-state index contributed by atoms with van der Waals surface area (Å²) in [5.74, 6) is -0.212. The molecule has 4 heteroatoms. The summed E-state index contributed by atoms with van der Waals surface area (Å²) in [6.45, 7) is 3.96. The van der Waals surface area contributed by atoms with Crippen LogP contribution in [0.4, 0.5) is 5.69 Å². The Hall–Kier alpha value is -2.88. The molecule has 1 amide bonds. The van der Waals surface area contributed by atoms with Gasteiger partial charge < -0.3 is 9.88 Å². The summed E-state index contributed by atoms with van der Waals surface area (Å²) < 4.78 is 1.43. The molecule has 3 rings (SSSR count). The van der Waals surface area contributed by atoms with Gasteiger partial charge in [0, 0.05) is 17.3 Å². The van der Waals surface area contributed by atoms with Gasteiger partial charge in [0.15, 0.2) is 0 Å². The second-order valence-corrected chi connectivity index (χ2v) is 5.63. The van der Waals surface area contributed by atoms with Gasteiger partial charge >= 0.3 is 0 Å². The summed E-state index contributed by atoms with van der Waals surface area (Å²) in [5.41, 5.74) is 2.78. The second-order valence-electron chi connectivity index (χ2n) is 5.63. The maximum absolute atomic E-state index is 12.4. The van der Waals surface area contributed by atoms with Crippen molar-refractivity contribution in [2.45, 2.75) is 20.4 Å². The minimum absolute atomic E-state index is 0.00293. The Balaban J connectivity index is 1.85. The molecule has 0 fully saturated rings. The van der Waals surface area contributed by atoms with Gasteiger partial charge in [0.25, 0.3) is 5.56 Å². The molecule has 0 radical (unpaired) electrons. The van der Waals surface area contributed by atoms with Crippen molar-refractivity contribution in [1.82, 2.24) is 4.57 Å². The average Bonchev–Trinajstić information content (AvgIpc) is 2.55. The standard InChI is InChI=1S/C19H18N2O2/c1-13-6-5-9-17(14(13)2)20-18(22)12-21-11-10-15-7-3-4-8-16(15)19(21)23/h3-11H,12H2,1-2H3,(H,20,22). The SMILES string of the molecule is Cc1cccc(NC(=O)Cn2ccc3ccccc3c2=O)c1C. The summed E-state index contributed by atoms with van der Waals surface area (Å²) in [4.78, 5) is 24.7. The van der Waals surface area contributed by atoms with Crippen molar-refractivity contribution in [2.75, 3.05) is 5.32 Å². The van der Waals surface area contributed by atoms with Crippen LogP contribution in [0.3, 0.4) is 0 Å². The molecule has 1 aromatic heterocycles. The minimum atomic E-state index is -0.212. The second kappa shape index (κ2) is 6.08. The molecule has 0 aliphatic carbocycles. The zero-order valence-electron chi connectivity index (χ0n) is 13.2. The van der Waals surface area contributed by atoms with E-state index in [2.05, 4.69) is 5.32 Å². The molecular weight excluding hydrogens is 288 g/mol. The van der Waals surface area contributed by atoms with Gasteiger partial charge in [-0.1, -0.05) is 30.3 Å². The van der Waals surface area contributed by atoms with Crippen LogP contribution in [0.15, 0.2) is 59.5 Å². The summed E-state index contributed by atoms with van der Waals surface area (Å²) in [6.07, 6.45) is 1.66. The van der Waals surface area contributed by atoms with Gasteiger partial charge in [-0.15, -0.1) is 0 Å². The number of pyridine rings is 1. The van der Waals surface area contributed by atoms with E-state index in [1.165, 1.54) is 4.57 Å². The molecule has 2 aromatic carbocycles. The Morgan fingerprint density at radius 2 is 1.83 bits per heavy atom. The first-order valence-corrected chi connectivity index (χ1v) is 7.50. The fourth-order valence-electron chi connectivity index (χ4n) is 2.59. The number of aryl methyl sites for hydroxylation is 1. The van der Waals surface area contributed by atoms with Crippen molar-refractivity contribution < 1.29 is 4.79 Å². The van der Waals surface area contributed by atoms with Crippen molar-refractivity contribution in [2.24, 2.45) is 0 Å². The van der Waals surface area contributed by atoms with Crippen LogP contribution in [0.25, 0.3) is 10.8 Å². The Labute approximate surface area is 134 Å². The van der Waals surface area contributed by atoms with Gasteiger partial charge in [-0.05, 0) is 48.6 Å². The van der Waals surface area contributed by atoms with E-state index >= 15 is 0 Å². The van der Waals surface area contributed by atoms with Crippen LogP contribution in [0.5, 0.6) is 0 Å². The number of nitrogens with zero attached hydrogens (tertiary/aromatic N) is 1. The largest absolute Gasteiger partial charge is 0.324 e. The van der Waals surface area contributed by atoms with Crippen LogP contribution in [0, 0.1) is 13.8 Å². The third-order valence-electron chi connectivity index (χ3n) is 4.08. The number of rotatable bonds is 3. The van der Waals surface area contributed by atoms with Crippen LogP contribution in [-0.2, 0) is 11.3 Å². The monoisotopic (exact) mass is 306 g/mol. The maximum atomic E-state index is 12.4. The number of hydrogen-bond acceptors (Lipinski definition) is 2. The lowest BCUT2D eigenvalue weighted by Gasteiger charge is -2.11. The van der Waals surface area contributed by atoms with Gasteiger partial charge in [0.2, 0.25) is 5.91 Å². The van der Waals surface area contributed by atoms with Crippen LogP contribution in [-0.4, -0.2) is 10.5 Å². The Morgan fingerprint density at radius 1 is 1.04 bits per heavy atom. The van der Waals surface area contributed by atoms with E-state index < -0.39 is 0 Å². The van der Waals surface area contributed by atoms with Crippen molar-refractivity contribution in [1.29, 1.82) is 0 Å². The maximum Gasteiger partial charge on any atom is 0.258 e. The first-order chi connectivity index (χ1) is 11.1. The molecular formula is C19H18N2O2. The number of nitrogens with one attached hydrogen (secondary N) is 1. The average molecular weight is 306 g/mol. The van der Waals surface area contributed by atoms with Crippen molar-refractivity contribution >= 4 is 22.4 Å². The first-order valence-electron chi connectivity index (χ1n) is 7.50. The highest BCUT2D eigenvalue weighted by Gasteiger charge is 2.09. The molecule has 0 saturated heterocycles. The molecule has 0 aliphatic rings. The molecule has 0 aliphatic heterocycles. The summed E-state index contributed by atoms with van der Waals surface area (Å²) in [7, 11) is 0. The highest BCUT2D eigenvalue weighted by Crippen LogP contribution is 2.17. The van der Waals surface area contributed by atoms with E-state index in [0.29, 0.717) is 5.39 Å². The molecule has 4 nitrogen and oxygen atoms in total. The summed E-state index contributed by atoms with van der Waals surface area (Å²) in [5, 5.41) is 4.37. The highest BCUT2D eigenvalue weighted by atomic mass is 16.2. The third kappa shape index (κ3) is 3.01. The Kier molecular flexibility index (Phi) is 3.98. The predicted octanol–water partition coefficient (Wildman–Crippen LogP) is 3.26. The molecule has 1 N–H and O–H groups in total. The van der Waals surface area contributed by atoms with E-state index in [-0.39, 0.29) is 18.0 Å². The van der Waals surface area contributed by atoms with Gasteiger partial charge in [-0.3, -0.25) is 9.59 Å². The highest BCUT2D eigenvalue weighted by molar-refractivity contribution is 5.91. The number of amides is 1. The van der Waals surface area contributed by atoms with Crippen LogP contribution >= 0.6 is 0 Å². The predicted molar refractivity (Wildman–Crippen MR) is 92.8 cm³/mol. The number of fused-ring (bicyclic) bond motifs is 1. The lowest BCUT2D eigenvalue weighted by Crippen LogP contribution is -2.27. The van der Waals surface area contributed by atoms with Gasteiger partial charge in [0.1, 0.15) is 6.54 Å². The smallest absolute Gasteiger partial charge is 0.258 e. The number of aromatic nitrogens is 1. The number of anilines is 1. The molecule has 0 atom stereocenters. The van der Waals surface area contributed by atoms with E-state index in [1.54, 1.807) is 12.3 Å². The van der Waals surface area contributed by atoms with Crippen LogP contribution < -0.4 is 10.9 Å². The normalized spacial score (nSPS) is 10.7. The van der Waals surface area contributed by atoms with E-state index in [1.807, 2.05) is 56.3 Å². The van der Waals surface area contributed by atoms with E-state index in [0.717, 1.165) is 22.2 Å². The Morgan fingerprint density at radius 3 is 2.65 bits per heavy atom. The number of carbonyl (C=O) groups is 1. The van der Waals surface area contributed by atoms with Gasteiger partial charge in [0.05, 0.1) is 0 Å². The zero-order valence-corrected chi connectivity index (χ0v) is 13.2. The zero-order chi connectivity index (χ0) is 16.4. The first kappa shape index (κ1) is 15.0. The number of carbonyl (C=O) groups excluding carboxylic acids is 1. The van der Waals surface area contributed by atoms with E-state index in [9.17, 15) is 9.59 Å². The molecule has 116 valence electrons. The quantitative estimate of drug-likeness (QED) is 0.807. The van der Waals surface area contributed by atoms with Crippen LogP contribution in [0.2, 0.25) is 0 Å². The van der Waals surface area contributed by atoms with Gasteiger partial charge in [-0.2, -0.15) is 0 Å². The number of benzene rings is 2. The molecule has 0 bridgehead atoms. The Bertz CT molecular complexity index is 941. The summed E-state index contributed by atoms with van der Waals surface area (Å²) >= 11 is 0. The third-order valence-corrected chi connectivity index (χ3v) is 4.08. The fourth-order valence-corrected chi connectivity index (χ4v) is 2.59. The molecule has 23 heavy (non-hydrogen) atoms. The molecule has 0 spiro atoms. The number of hydrogen-bond donors (Lipinski definition) is 1. The molecule has 0 saturated carbocycles. The lowest BCUT2D eigenvalue weighted by molar-refractivity contribution is -0.116.